The van der Waals surface area contributed by atoms with E-state index in [1.807, 2.05) is 60.7 Å². The van der Waals surface area contributed by atoms with Gasteiger partial charge in [-0.1, -0.05) is 107 Å². The first kappa shape index (κ1) is 41.2. The van der Waals surface area contributed by atoms with Crippen LogP contribution in [0.25, 0.3) is 22.0 Å². The van der Waals surface area contributed by atoms with Gasteiger partial charge in [0.15, 0.2) is 8.32 Å². The third-order valence-corrected chi connectivity index (χ3v) is 15.7. The number of H-pyrrole nitrogens is 1. The maximum atomic E-state index is 12.8. The minimum absolute atomic E-state index is 0.0465. The van der Waals surface area contributed by atoms with Crippen LogP contribution in [0.1, 0.15) is 90.2 Å². The van der Waals surface area contributed by atoms with Crippen molar-refractivity contribution in [2.24, 2.45) is 0 Å². The molecule has 1 unspecified atom stereocenters. The molecule has 9 nitrogen and oxygen atoms in total. The molecule has 5 rings (SSSR count). The zero-order chi connectivity index (χ0) is 38.6. The molecule has 0 spiro atoms. The summed E-state index contributed by atoms with van der Waals surface area (Å²) < 4.78 is 12.7. The second-order valence-electron chi connectivity index (χ2n) is 16.3. The fourth-order valence-electron chi connectivity index (χ4n) is 6.99. The Hall–Kier alpha value is -3.96. The number of amides is 1. The first-order valence-corrected chi connectivity index (χ1v) is 22.9. The number of benzene rings is 3. The number of nitrogens with zero attached hydrogens (tertiary/aromatic N) is 1. The number of nitrogens with one attached hydrogen (secondary N) is 3. The highest BCUT2D eigenvalue weighted by Gasteiger charge is 2.39. The number of anilines is 1. The highest BCUT2D eigenvalue weighted by molar-refractivity contribution is 6.74. The monoisotopic (exact) mass is 754 g/mol. The number of hydrogen-bond acceptors (Lipinski definition) is 7. The number of rotatable bonds is 18. The van der Waals surface area contributed by atoms with Crippen molar-refractivity contribution in [3.8, 4) is 16.9 Å². The molecule has 10 heteroatoms. The zero-order valence-corrected chi connectivity index (χ0v) is 34.1. The van der Waals surface area contributed by atoms with Crippen LogP contribution in [0.2, 0.25) is 18.1 Å². The summed E-state index contributed by atoms with van der Waals surface area (Å²) in [7, 11) is -2.10. The Kier molecular flexibility index (Phi) is 14.9. The van der Waals surface area contributed by atoms with Crippen LogP contribution in [-0.4, -0.2) is 68.2 Å². The van der Waals surface area contributed by atoms with Crippen molar-refractivity contribution in [1.29, 1.82) is 0 Å². The number of aromatic hydroxyl groups is 1. The molecule has 2 heterocycles. The van der Waals surface area contributed by atoms with Gasteiger partial charge in [-0.15, -0.1) is 0 Å². The molecule has 1 aliphatic heterocycles. The summed E-state index contributed by atoms with van der Waals surface area (Å²) in [5.74, 6) is 0.0703. The Morgan fingerprint density at radius 1 is 0.889 bits per heavy atom. The smallest absolute Gasteiger partial charge is 0.411 e. The Balaban J connectivity index is 0.942. The Morgan fingerprint density at radius 3 is 2.28 bits per heavy atom. The molecule has 1 atom stereocenters. The van der Waals surface area contributed by atoms with Crippen LogP contribution in [-0.2, 0) is 9.16 Å². The van der Waals surface area contributed by atoms with Crippen LogP contribution in [0.5, 0.6) is 5.75 Å². The predicted molar refractivity (Wildman–Crippen MR) is 224 cm³/mol. The summed E-state index contributed by atoms with van der Waals surface area (Å²) in [5.41, 5.74) is 4.02. The number of phenols is 1. The number of aromatic nitrogens is 1. The lowest BCUT2D eigenvalue weighted by Gasteiger charge is -2.39. The van der Waals surface area contributed by atoms with E-state index in [9.17, 15) is 14.7 Å². The summed E-state index contributed by atoms with van der Waals surface area (Å²) in [6.07, 6.45) is 9.65. The molecule has 1 amide bonds. The van der Waals surface area contributed by atoms with E-state index >= 15 is 0 Å². The standard InChI is InChI=1S/C44H62N4O5Si/c1-44(2,3)54(4,5)53-40(36-22-24-39(49)42-37(36)23-25-41(50)47-42)32-45-28-16-9-7-6-8-10-17-29-48-30-26-34(27-31-48)52-43(51)46-38-21-15-14-20-35(38)33-18-12-11-13-19-33/h11-15,18-25,34,40,45,49H,6-10,16-17,26-32H2,1-5H3,(H,46,51)(H,47,50). The number of aromatic amines is 1. The average molecular weight is 755 g/mol. The maximum Gasteiger partial charge on any atom is 0.411 e. The average Bonchev–Trinajstić information content (AvgIpc) is 3.14. The molecule has 4 N–H and O–H groups in total. The van der Waals surface area contributed by atoms with Crippen LogP contribution in [0.4, 0.5) is 10.5 Å². The second kappa shape index (κ2) is 19.6. The Labute approximate surface area is 323 Å². The van der Waals surface area contributed by atoms with Crippen LogP contribution in [0, 0.1) is 0 Å². The van der Waals surface area contributed by atoms with Crippen molar-refractivity contribution in [3.05, 3.63) is 94.8 Å². The van der Waals surface area contributed by atoms with E-state index in [0.717, 1.165) is 73.2 Å². The number of unbranched alkanes of at least 4 members (excludes halogenated alkanes) is 6. The van der Waals surface area contributed by atoms with Gasteiger partial charge < -0.3 is 29.5 Å². The lowest BCUT2D eigenvalue weighted by molar-refractivity contribution is 0.0584. The van der Waals surface area contributed by atoms with Gasteiger partial charge in [-0.2, -0.15) is 0 Å². The number of fused-ring (bicyclic) bond motifs is 1. The number of likely N-dealkylation sites (tertiary alicyclic amines) is 1. The molecule has 0 radical (unpaired) electrons. The van der Waals surface area contributed by atoms with Crippen molar-refractivity contribution in [2.75, 3.05) is 38.0 Å². The lowest BCUT2D eigenvalue weighted by Crippen LogP contribution is -2.43. The van der Waals surface area contributed by atoms with Crippen molar-refractivity contribution in [3.63, 3.8) is 0 Å². The van der Waals surface area contributed by atoms with Gasteiger partial charge in [0.25, 0.3) is 0 Å². The van der Waals surface area contributed by atoms with Crippen molar-refractivity contribution in [2.45, 2.75) is 109 Å². The molecule has 4 aromatic rings. The number of ether oxygens (including phenoxy) is 1. The van der Waals surface area contributed by atoms with E-state index < -0.39 is 8.32 Å². The highest BCUT2D eigenvalue weighted by Crippen LogP contribution is 2.41. The Morgan fingerprint density at radius 2 is 1.56 bits per heavy atom. The molecular weight excluding hydrogens is 693 g/mol. The largest absolute Gasteiger partial charge is 0.506 e. The van der Waals surface area contributed by atoms with Crippen LogP contribution >= 0.6 is 0 Å². The van der Waals surface area contributed by atoms with E-state index in [1.165, 1.54) is 44.6 Å². The van der Waals surface area contributed by atoms with E-state index in [-0.39, 0.29) is 34.6 Å². The number of piperidine rings is 1. The molecule has 3 aromatic carbocycles. The molecule has 0 saturated carbocycles. The number of carbonyl (C=O) groups excluding carboxylic acids is 1. The van der Waals surface area contributed by atoms with Crippen molar-refractivity contribution in [1.82, 2.24) is 15.2 Å². The molecular formula is C44H62N4O5Si. The molecule has 292 valence electrons. The SMILES string of the molecule is CC(C)(C)[Si](C)(C)OC(CNCCCCCCCCCN1CCC(OC(=O)Nc2ccccc2-c2ccccc2)CC1)c1ccc(O)c2[nH]c(=O)ccc12. The van der Waals surface area contributed by atoms with E-state index in [1.54, 1.807) is 12.1 Å². The summed E-state index contributed by atoms with van der Waals surface area (Å²) in [4.78, 5) is 30.1. The van der Waals surface area contributed by atoms with Gasteiger partial charge in [-0.05, 0) is 86.2 Å². The normalized spacial score (nSPS) is 15.0. The van der Waals surface area contributed by atoms with Gasteiger partial charge in [-0.25, -0.2) is 4.79 Å². The van der Waals surface area contributed by atoms with E-state index in [0.29, 0.717) is 12.1 Å². The minimum atomic E-state index is -2.10. The molecule has 1 aliphatic rings. The number of para-hydroxylation sites is 1. The Bertz CT molecular complexity index is 1830. The zero-order valence-electron chi connectivity index (χ0n) is 33.1. The molecule has 1 saturated heterocycles. The summed E-state index contributed by atoms with van der Waals surface area (Å²) in [6, 6.07) is 24.8. The second-order valence-corrected chi connectivity index (χ2v) is 21.1. The quantitative estimate of drug-likeness (QED) is 0.0591. The summed E-state index contributed by atoms with van der Waals surface area (Å²) in [5, 5.41) is 17.9. The number of phenolic OH excluding ortho intramolecular Hbond substituents is 1. The van der Waals surface area contributed by atoms with E-state index in [4.69, 9.17) is 9.16 Å². The maximum absolute atomic E-state index is 12.8. The van der Waals surface area contributed by atoms with Crippen molar-refractivity contribution < 1.29 is 19.1 Å². The van der Waals surface area contributed by atoms with Crippen LogP contribution < -0.4 is 16.2 Å². The van der Waals surface area contributed by atoms with Gasteiger partial charge in [-0.3, -0.25) is 10.1 Å². The first-order valence-electron chi connectivity index (χ1n) is 20.0. The van der Waals surface area contributed by atoms with Crippen molar-refractivity contribution >= 4 is 31.0 Å². The predicted octanol–water partition coefficient (Wildman–Crippen LogP) is 10.00. The third-order valence-electron chi connectivity index (χ3n) is 11.2. The first-order chi connectivity index (χ1) is 25.9. The van der Waals surface area contributed by atoms with Gasteiger partial charge in [0, 0.05) is 36.7 Å². The molecule has 0 bridgehead atoms. The van der Waals surface area contributed by atoms with Gasteiger partial charge in [0.1, 0.15) is 11.9 Å². The number of pyridine rings is 1. The highest BCUT2D eigenvalue weighted by atomic mass is 28.4. The van der Waals surface area contributed by atoms with Gasteiger partial charge >= 0.3 is 6.09 Å². The molecule has 54 heavy (non-hydrogen) atoms. The van der Waals surface area contributed by atoms with Crippen LogP contribution in [0.3, 0.4) is 0 Å². The molecule has 0 aliphatic carbocycles. The third kappa shape index (κ3) is 11.8. The fourth-order valence-corrected chi connectivity index (χ4v) is 8.27. The molecule has 1 aromatic heterocycles. The van der Waals surface area contributed by atoms with Crippen LogP contribution in [0.15, 0.2) is 83.7 Å². The summed E-state index contributed by atoms with van der Waals surface area (Å²) in [6.45, 7) is 15.9. The minimum Gasteiger partial charge on any atom is -0.506 e. The topological polar surface area (TPSA) is 116 Å². The summed E-state index contributed by atoms with van der Waals surface area (Å²) >= 11 is 0. The number of hydrogen-bond donors (Lipinski definition) is 4. The van der Waals surface area contributed by atoms with Gasteiger partial charge in [0.2, 0.25) is 5.56 Å². The number of carbonyl (C=O) groups is 1. The fraction of sp³-hybridized carbons (Fsp3) is 0.500. The molecule has 1 fully saturated rings. The lowest BCUT2D eigenvalue weighted by atomic mass is 10.0. The van der Waals surface area contributed by atoms with E-state index in [2.05, 4.69) is 54.4 Å². The van der Waals surface area contributed by atoms with Gasteiger partial charge in [0.05, 0.1) is 17.3 Å².